The van der Waals surface area contributed by atoms with Crippen molar-refractivity contribution in [2.24, 2.45) is 0 Å². The summed E-state index contributed by atoms with van der Waals surface area (Å²) in [5.41, 5.74) is 0.145. The van der Waals surface area contributed by atoms with E-state index in [9.17, 15) is 9.59 Å². The number of ether oxygens (including phenoxy) is 1. The number of amides is 2. The van der Waals surface area contributed by atoms with E-state index in [2.05, 4.69) is 5.32 Å². The van der Waals surface area contributed by atoms with Crippen LogP contribution in [0.3, 0.4) is 0 Å². The van der Waals surface area contributed by atoms with Crippen LogP contribution >= 0.6 is 23.2 Å². The third-order valence-corrected chi connectivity index (χ3v) is 4.50. The number of nitrogens with zero attached hydrogens (tertiary/aromatic N) is 1. The number of carbonyl (C=O) groups excluding carboxylic acids is 2. The Balaban J connectivity index is 2.02. The van der Waals surface area contributed by atoms with Crippen LogP contribution in [-0.2, 0) is 16.1 Å². The highest BCUT2D eigenvalue weighted by atomic mass is 35.5. The molecule has 1 unspecified atom stereocenters. The number of hydrogen-bond acceptors (Lipinski definition) is 3. The number of hydrogen-bond donors (Lipinski definition) is 1. The Morgan fingerprint density at radius 1 is 1.28 bits per heavy atom. The summed E-state index contributed by atoms with van der Waals surface area (Å²) in [4.78, 5) is 26.5. The lowest BCUT2D eigenvalue weighted by atomic mass is 10.0. The van der Waals surface area contributed by atoms with E-state index < -0.39 is 17.7 Å². The monoisotopic (exact) mass is 386 g/mol. The third kappa shape index (κ3) is 5.79. The van der Waals surface area contributed by atoms with Crippen molar-refractivity contribution in [3.63, 3.8) is 0 Å². The Morgan fingerprint density at radius 3 is 2.68 bits per heavy atom. The molecule has 5 nitrogen and oxygen atoms in total. The fourth-order valence-electron chi connectivity index (χ4n) is 2.72. The van der Waals surface area contributed by atoms with Gasteiger partial charge in [-0.15, -0.1) is 0 Å². The Labute approximate surface area is 158 Å². The molecular weight excluding hydrogens is 363 g/mol. The van der Waals surface area contributed by atoms with Crippen molar-refractivity contribution in [2.75, 3.05) is 6.54 Å². The average Bonchev–Trinajstić information content (AvgIpc) is 2.54. The first kappa shape index (κ1) is 19.9. The lowest BCUT2D eigenvalue weighted by Crippen LogP contribution is -2.53. The molecule has 1 atom stereocenters. The fourth-order valence-corrected chi connectivity index (χ4v) is 3.10. The summed E-state index contributed by atoms with van der Waals surface area (Å²) >= 11 is 12.1. The molecule has 2 amide bonds. The van der Waals surface area contributed by atoms with Gasteiger partial charge in [0.2, 0.25) is 5.91 Å². The molecule has 1 heterocycles. The standard InChI is InChI=1S/C18H24Cl2N2O3/c1-18(2,3)25-17(24)22-9-5-4-6-15(22)16(23)21-11-12-10-13(19)7-8-14(12)20/h7-8,10,15H,4-6,9,11H2,1-3H3,(H,21,23). The summed E-state index contributed by atoms with van der Waals surface area (Å²) in [7, 11) is 0. The zero-order chi connectivity index (χ0) is 18.6. The molecule has 7 heteroatoms. The fraction of sp³-hybridized carbons (Fsp3) is 0.556. The average molecular weight is 387 g/mol. The minimum atomic E-state index is -0.593. The quantitative estimate of drug-likeness (QED) is 0.837. The summed E-state index contributed by atoms with van der Waals surface area (Å²) in [6, 6.07) is 4.58. The van der Waals surface area contributed by atoms with Crippen LogP contribution in [0.1, 0.15) is 45.6 Å². The van der Waals surface area contributed by atoms with Gasteiger partial charge in [0.05, 0.1) is 0 Å². The van der Waals surface area contributed by atoms with Crippen LogP contribution in [0, 0.1) is 0 Å². The van der Waals surface area contributed by atoms with E-state index in [0.29, 0.717) is 23.0 Å². The van der Waals surface area contributed by atoms with Gasteiger partial charge in [-0.3, -0.25) is 9.69 Å². The molecule has 1 aromatic carbocycles. The Morgan fingerprint density at radius 2 is 2.00 bits per heavy atom. The van der Waals surface area contributed by atoms with Gasteiger partial charge < -0.3 is 10.1 Å². The van der Waals surface area contributed by atoms with Gasteiger partial charge in [-0.2, -0.15) is 0 Å². The van der Waals surface area contributed by atoms with Crippen LogP contribution in [0.4, 0.5) is 4.79 Å². The highest BCUT2D eigenvalue weighted by molar-refractivity contribution is 6.33. The molecule has 25 heavy (non-hydrogen) atoms. The first-order chi connectivity index (χ1) is 11.7. The van der Waals surface area contributed by atoms with Crippen LogP contribution in [0.15, 0.2) is 18.2 Å². The van der Waals surface area contributed by atoms with E-state index in [-0.39, 0.29) is 12.5 Å². The van der Waals surface area contributed by atoms with Crippen molar-refractivity contribution < 1.29 is 14.3 Å². The number of nitrogens with one attached hydrogen (secondary N) is 1. The molecule has 0 saturated carbocycles. The molecule has 0 aromatic heterocycles. The number of benzene rings is 1. The highest BCUT2D eigenvalue weighted by Gasteiger charge is 2.34. The van der Waals surface area contributed by atoms with Crippen molar-refractivity contribution in [1.29, 1.82) is 0 Å². The zero-order valence-corrected chi connectivity index (χ0v) is 16.3. The van der Waals surface area contributed by atoms with Gasteiger partial charge in [-0.1, -0.05) is 23.2 Å². The highest BCUT2D eigenvalue weighted by Crippen LogP contribution is 2.22. The minimum absolute atomic E-state index is 0.207. The number of likely N-dealkylation sites (tertiary alicyclic amines) is 1. The molecule has 1 aliphatic rings. The van der Waals surface area contributed by atoms with Crippen LogP contribution in [0.2, 0.25) is 10.0 Å². The van der Waals surface area contributed by atoms with Crippen molar-refractivity contribution in [1.82, 2.24) is 10.2 Å². The molecule has 1 aromatic rings. The molecule has 1 fully saturated rings. The molecule has 1 saturated heterocycles. The van der Waals surface area contributed by atoms with Gasteiger partial charge in [0.1, 0.15) is 11.6 Å². The maximum atomic E-state index is 12.6. The summed E-state index contributed by atoms with van der Waals surface area (Å²) < 4.78 is 5.42. The van der Waals surface area contributed by atoms with Crippen LogP contribution < -0.4 is 5.32 Å². The van der Waals surface area contributed by atoms with Crippen LogP contribution in [0.5, 0.6) is 0 Å². The second-order valence-electron chi connectivity index (χ2n) is 7.14. The van der Waals surface area contributed by atoms with Crippen molar-refractivity contribution in [3.05, 3.63) is 33.8 Å². The minimum Gasteiger partial charge on any atom is -0.444 e. The predicted molar refractivity (Wildman–Crippen MR) is 98.9 cm³/mol. The Kier molecular flexibility index (Phi) is 6.58. The van der Waals surface area contributed by atoms with Crippen molar-refractivity contribution in [3.8, 4) is 0 Å². The molecule has 0 radical (unpaired) electrons. The van der Waals surface area contributed by atoms with Crippen LogP contribution in [-0.4, -0.2) is 35.1 Å². The summed E-state index contributed by atoms with van der Waals surface area (Å²) in [5.74, 6) is -0.207. The Bertz CT molecular complexity index is 644. The molecule has 138 valence electrons. The molecule has 0 bridgehead atoms. The zero-order valence-electron chi connectivity index (χ0n) is 14.8. The smallest absolute Gasteiger partial charge is 0.410 e. The van der Waals surface area contributed by atoms with Gasteiger partial charge in [-0.25, -0.2) is 4.79 Å². The van der Waals surface area contributed by atoms with E-state index in [4.69, 9.17) is 27.9 Å². The van der Waals surface area contributed by atoms with E-state index >= 15 is 0 Å². The van der Waals surface area contributed by atoms with Crippen LogP contribution in [0.25, 0.3) is 0 Å². The van der Waals surface area contributed by atoms with Gasteiger partial charge >= 0.3 is 6.09 Å². The van der Waals surface area contributed by atoms with Gasteiger partial charge in [0.15, 0.2) is 0 Å². The van der Waals surface area contributed by atoms with Gasteiger partial charge in [0.25, 0.3) is 0 Å². The molecule has 1 N–H and O–H groups in total. The summed E-state index contributed by atoms with van der Waals surface area (Å²) in [6.45, 7) is 6.21. The number of piperidine rings is 1. The normalized spacial score (nSPS) is 18.0. The third-order valence-electron chi connectivity index (χ3n) is 3.89. The van der Waals surface area contributed by atoms with E-state index in [1.807, 2.05) is 20.8 Å². The topological polar surface area (TPSA) is 58.6 Å². The number of rotatable bonds is 3. The Hall–Kier alpha value is -1.46. The maximum Gasteiger partial charge on any atom is 0.410 e. The largest absolute Gasteiger partial charge is 0.444 e. The molecular formula is C18H24Cl2N2O3. The molecule has 0 aliphatic carbocycles. The first-order valence-corrected chi connectivity index (χ1v) is 9.14. The second kappa shape index (κ2) is 8.28. The lowest BCUT2D eigenvalue weighted by molar-refractivity contribution is -0.127. The number of carbonyl (C=O) groups is 2. The molecule has 0 spiro atoms. The van der Waals surface area contributed by atoms with E-state index in [0.717, 1.165) is 18.4 Å². The number of halogens is 2. The molecule has 1 aliphatic heterocycles. The summed E-state index contributed by atoms with van der Waals surface area (Å²) in [5, 5.41) is 3.95. The van der Waals surface area contributed by atoms with Crippen molar-refractivity contribution >= 4 is 35.2 Å². The molecule has 2 rings (SSSR count). The van der Waals surface area contributed by atoms with Gasteiger partial charge in [-0.05, 0) is 63.8 Å². The SMILES string of the molecule is CC(C)(C)OC(=O)N1CCCCC1C(=O)NCc1cc(Cl)ccc1Cl. The summed E-state index contributed by atoms with van der Waals surface area (Å²) in [6.07, 6.45) is 1.93. The van der Waals surface area contributed by atoms with Crippen molar-refractivity contribution in [2.45, 2.75) is 58.2 Å². The van der Waals surface area contributed by atoms with E-state index in [1.165, 1.54) is 4.90 Å². The predicted octanol–water partition coefficient (Wildman–Crippen LogP) is 4.40. The van der Waals surface area contributed by atoms with Gasteiger partial charge in [0, 0.05) is 23.1 Å². The first-order valence-electron chi connectivity index (χ1n) is 8.38. The lowest BCUT2D eigenvalue weighted by Gasteiger charge is -2.35. The second-order valence-corrected chi connectivity index (χ2v) is 7.98. The maximum absolute atomic E-state index is 12.6. The van der Waals surface area contributed by atoms with E-state index in [1.54, 1.807) is 18.2 Å².